The van der Waals surface area contributed by atoms with Gasteiger partial charge >= 0.3 is 0 Å². The monoisotopic (exact) mass is 152 g/mol. The second kappa shape index (κ2) is 3.64. The third-order valence-electron chi connectivity index (χ3n) is 1.18. The molecular formula is C7H6BClO. The standard InChI is InChI=1S/C7H6BClO/c8-10-7(9)6-4-2-1-3-5-6/h1-5,7H. The summed E-state index contributed by atoms with van der Waals surface area (Å²) in [7, 11) is 4.87. The van der Waals surface area contributed by atoms with Gasteiger partial charge in [-0.25, -0.2) is 0 Å². The van der Waals surface area contributed by atoms with Crippen molar-refractivity contribution in [3.05, 3.63) is 35.9 Å². The van der Waals surface area contributed by atoms with E-state index < -0.39 is 5.56 Å². The van der Waals surface area contributed by atoms with Crippen molar-refractivity contribution in [2.24, 2.45) is 0 Å². The lowest BCUT2D eigenvalue weighted by Gasteiger charge is -2.06. The lowest BCUT2D eigenvalue weighted by Crippen LogP contribution is -1.92. The first-order valence-corrected chi connectivity index (χ1v) is 3.33. The van der Waals surface area contributed by atoms with Crippen molar-refractivity contribution >= 4 is 19.7 Å². The van der Waals surface area contributed by atoms with Crippen LogP contribution in [-0.4, -0.2) is 8.05 Å². The van der Waals surface area contributed by atoms with E-state index in [4.69, 9.17) is 19.7 Å². The lowest BCUT2D eigenvalue weighted by atomic mass is 10.2. The Morgan fingerprint density at radius 3 is 2.40 bits per heavy atom. The van der Waals surface area contributed by atoms with Gasteiger partial charge in [-0.05, 0) is 5.56 Å². The molecule has 0 saturated carbocycles. The van der Waals surface area contributed by atoms with Crippen molar-refractivity contribution in [3.8, 4) is 0 Å². The number of hydrogen-bond donors (Lipinski definition) is 0. The predicted octanol–water partition coefficient (Wildman–Crippen LogP) is 2.02. The molecule has 0 spiro atoms. The van der Waals surface area contributed by atoms with Gasteiger partial charge in [0.2, 0.25) is 0 Å². The van der Waals surface area contributed by atoms with Gasteiger partial charge in [-0.15, -0.1) is 0 Å². The molecule has 0 heterocycles. The Kier molecular flexibility index (Phi) is 2.78. The highest BCUT2D eigenvalue weighted by molar-refractivity contribution is 6.21. The Balaban J connectivity index is 2.75. The second-order valence-corrected chi connectivity index (χ2v) is 2.26. The normalized spacial score (nSPS) is 12.9. The molecule has 1 aromatic rings. The van der Waals surface area contributed by atoms with E-state index in [-0.39, 0.29) is 0 Å². The smallest absolute Gasteiger partial charge is 0.285 e. The average molecular weight is 152 g/mol. The highest BCUT2D eigenvalue weighted by Gasteiger charge is 2.01. The predicted molar refractivity (Wildman–Crippen MR) is 41.9 cm³/mol. The molecule has 1 aromatic carbocycles. The molecule has 1 atom stereocenters. The van der Waals surface area contributed by atoms with Crippen molar-refractivity contribution < 1.29 is 4.65 Å². The maximum absolute atomic E-state index is 5.64. The van der Waals surface area contributed by atoms with E-state index >= 15 is 0 Å². The van der Waals surface area contributed by atoms with Crippen LogP contribution < -0.4 is 0 Å². The summed E-state index contributed by atoms with van der Waals surface area (Å²) in [5.41, 5.74) is 0.327. The molecule has 50 valence electrons. The fourth-order valence-electron chi connectivity index (χ4n) is 0.683. The number of halogens is 1. The van der Waals surface area contributed by atoms with Crippen LogP contribution in [0, 0.1) is 0 Å². The summed E-state index contributed by atoms with van der Waals surface area (Å²) in [5, 5.41) is 0. The summed E-state index contributed by atoms with van der Waals surface area (Å²) < 4.78 is 4.40. The molecule has 1 rings (SSSR count). The highest BCUT2D eigenvalue weighted by Crippen LogP contribution is 2.18. The van der Waals surface area contributed by atoms with Crippen molar-refractivity contribution in [1.29, 1.82) is 0 Å². The Morgan fingerprint density at radius 1 is 1.30 bits per heavy atom. The number of benzene rings is 1. The van der Waals surface area contributed by atoms with Crippen molar-refractivity contribution in [2.45, 2.75) is 5.56 Å². The van der Waals surface area contributed by atoms with E-state index in [0.717, 1.165) is 5.56 Å². The van der Waals surface area contributed by atoms with Gasteiger partial charge in [0, 0.05) is 0 Å². The minimum atomic E-state index is -0.541. The van der Waals surface area contributed by atoms with Crippen LogP contribution in [0.1, 0.15) is 11.1 Å². The van der Waals surface area contributed by atoms with Crippen molar-refractivity contribution in [3.63, 3.8) is 0 Å². The van der Waals surface area contributed by atoms with E-state index in [9.17, 15) is 0 Å². The van der Waals surface area contributed by atoms with E-state index in [0.29, 0.717) is 0 Å². The first kappa shape index (κ1) is 7.64. The fraction of sp³-hybridized carbons (Fsp3) is 0.143. The molecule has 3 heteroatoms. The van der Waals surface area contributed by atoms with E-state index in [2.05, 4.69) is 4.65 Å². The number of rotatable bonds is 2. The lowest BCUT2D eigenvalue weighted by molar-refractivity contribution is 0.318. The first-order valence-electron chi connectivity index (χ1n) is 2.89. The maximum Gasteiger partial charge on any atom is 0.285 e. The molecule has 0 N–H and O–H groups in total. The van der Waals surface area contributed by atoms with E-state index in [1.165, 1.54) is 0 Å². The fourth-order valence-corrected chi connectivity index (χ4v) is 0.828. The minimum Gasteiger partial charge on any atom is -0.430 e. The van der Waals surface area contributed by atoms with Gasteiger partial charge in [0.05, 0.1) is 0 Å². The molecular weight excluding hydrogens is 146 g/mol. The Morgan fingerprint density at radius 2 is 1.90 bits per heavy atom. The summed E-state index contributed by atoms with van der Waals surface area (Å²) in [6.45, 7) is 0. The summed E-state index contributed by atoms with van der Waals surface area (Å²) >= 11 is 5.64. The zero-order chi connectivity index (χ0) is 7.40. The van der Waals surface area contributed by atoms with Gasteiger partial charge in [-0.2, -0.15) is 0 Å². The Hall–Kier alpha value is -0.465. The third kappa shape index (κ3) is 1.76. The average Bonchev–Trinajstić information content (AvgIpc) is 2.05. The quantitative estimate of drug-likeness (QED) is 0.465. The largest absolute Gasteiger partial charge is 0.430 e. The maximum atomic E-state index is 5.64. The molecule has 0 aliphatic heterocycles. The summed E-state index contributed by atoms with van der Waals surface area (Å²) in [6.07, 6.45) is 0. The summed E-state index contributed by atoms with van der Waals surface area (Å²) in [5.74, 6) is 0. The molecule has 2 radical (unpaired) electrons. The van der Waals surface area contributed by atoms with Crippen molar-refractivity contribution in [2.75, 3.05) is 0 Å². The highest BCUT2D eigenvalue weighted by atomic mass is 35.5. The van der Waals surface area contributed by atoms with Crippen LogP contribution in [0.15, 0.2) is 30.3 Å². The van der Waals surface area contributed by atoms with Crippen LogP contribution in [0.25, 0.3) is 0 Å². The minimum absolute atomic E-state index is 0.541. The molecule has 0 amide bonds. The van der Waals surface area contributed by atoms with Gasteiger partial charge in [0.25, 0.3) is 8.05 Å². The van der Waals surface area contributed by atoms with Crippen LogP contribution in [0.5, 0.6) is 0 Å². The van der Waals surface area contributed by atoms with Crippen LogP contribution in [-0.2, 0) is 4.65 Å². The molecule has 0 aromatic heterocycles. The molecule has 1 unspecified atom stereocenters. The number of hydrogen-bond acceptors (Lipinski definition) is 1. The number of alkyl halides is 1. The zero-order valence-electron chi connectivity index (χ0n) is 5.33. The Labute approximate surface area is 66.4 Å². The molecule has 0 fully saturated rings. The van der Waals surface area contributed by atoms with Crippen LogP contribution in [0.4, 0.5) is 0 Å². The van der Waals surface area contributed by atoms with Gasteiger partial charge < -0.3 is 4.65 Å². The van der Waals surface area contributed by atoms with E-state index in [1.54, 1.807) is 0 Å². The molecule has 0 aliphatic carbocycles. The molecule has 10 heavy (non-hydrogen) atoms. The van der Waals surface area contributed by atoms with Gasteiger partial charge in [-0.1, -0.05) is 41.9 Å². The van der Waals surface area contributed by atoms with Crippen molar-refractivity contribution in [1.82, 2.24) is 0 Å². The van der Waals surface area contributed by atoms with E-state index in [1.807, 2.05) is 30.3 Å². The zero-order valence-corrected chi connectivity index (χ0v) is 6.08. The molecule has 0 saturated heterocycles. The summed E-state index contributed by atoms with van der Waals surface area (Å²) in [4.78, 5) is 0. The van der Waals surface area contributed by atoms with Gasteiger partial charge in [0.15, 0.2) is 0 Å². The molecule has 0 aliphatic rings. The van der Waals surface area contributed by atoms with Crippen LogP contribution in [0.3, 0.4) is 0 Å². The van der Waals surface area contributed by atoms with Gasteiger partial charge in [-0.3, -0.25) is 0 Å². The van der Waals surface area contributed by atoms with Gasteiger partial charge in [0.1, 0.15) is 5.56 Å². The van der Waals surface area contributed by atoms with Crippen LogP contribution >= 0.6 is 11.6 Å². The first-order chi connectivity index (χ1) is 4.84. The third-order valence-corrected chi connectivity index (χ3v) is 1.54. The summed E-state index contributed by atoms with van der Waals surface area (Å²) in [6, 6.07) is 9.37. The van der Waals surface area contributed by atoms with Crippen LogP contribution in [0.2, 0.25) is 0 Å². The molecule has 1 nitrogen and oxygen atoms in total. The second-order valence-electron chi connectivity index (χ2n) is 1.86. The molecule has 0 bridgehead atoms. The SMILES string of the molecule is [B]OC(Cl)c1ccccc1. The topological polar surface area (TPSA) is 9.23 Å². The Bertz CT molecular complexity index is 190.